The lowest BCUT2D eigenvalue weighted by Crippen LogP contribution is -2.56. The molecule has 13 nitrogen and oxygen atoms in total. The van der Waals surface area contributed by atoms with Crippen molar-refractivity contribution < 1.29 is 33.8 Å². The Morgan fingerprint density at radius 3 is 2.46 bits per heavy atom. The minimum absolute atomic E-state index is 0.0133. The van der Waals surface area contributed by atoms with Gasteiger partial charge in [0, 0.05) is 12.3 Å². The molecule has 2 aromatic carbocycles. The lowest BCUT2D eigenvalue weighted by atomic mass is 10.0. The number of hydrogen-bond acceptors (Lipinski definition) is 10. The molecule has 14 heteroatoms. The second-order valence-electron chi connectivity index (χ2n) is 14.7. The largest absolute Gasteiger partial charge is 0.479 e. The van der Waals surface area contributed by atoms with Crippen molar-refractivity contribution >= 4 is 56.5 Å². The van der Waals surface area contributed by atoms with Crippen molar-refractivity contribution in [3.63, 3.8) is 0 Å². The fraction of sp³-hybridized carbons (Fsp3) is 0.447. The number of thiazole rings is 1. The van der Waals surface area contributed by atoms with Gasteiger partial charge in [-0.25, -0.2) is 24.5 Å². The Morgan fingerprint density at radius 2 is 1.73 bits per heavy atom. The van der Waals surface area contributed by atoms with Gasteiger partial charge in [-0.2, -0.15) is 0 Å². The van der Waals surface area contributed by atoms with Gasteiger partial charge in [-0.05, 0) is 70.7 Å². The number of carbonyl (C=O) groups excluding carboxylic acids is 3. The fourth-order valence-electron chi connectivity index (χ4n) is 6.93. The molecule has 2 fully saturated rings. The van der Waals surface area contributed by atoms with E-state index in [4.69, 9.17) is 24.4 Å². The molecule has 3 aliphatic rings. The van der Waals surface area contributed by atoms with E-state index in [0.717, 1.165) is 29.5 Å². The number of ether oxygens (including phenoxy) is 2. The Labute approximate surface area is 304 Å². The van der Waals surface area contributed by atoms with Gasteiger partial charge in [-0.1, -0.05) is 49.3 Å². The van der Waals surface area contributed by atoms with Gasteiger partial charge in [0.1, 0.15) is 34.3 Å². The smallest absolute Gasteiger partial charge is 0.408 e. The first-order valence-electron chi connectivity index (χ1n) is 17.7. The highest BCUT2D eigenvalue weighted by molar-refractivity contribution is 7.21. The van der Waals surface area contributed by atoms with Crippen LogP contribution in [0.2, 0.25) is 0 Å². The standard InChI is InChI=1S/C38H42N6O7S/c1-37(2,3)51-36(49)42-27-17-8-6-4-5-7-13-22-20-38(22,35(47)48)43-31(45)28-19-23(21-44(28)34(27)46)50-32-30(39-24-14-9-10-15-25(24)40-32)33-41-26-16-11-12-18-29(26)52-33/h7,9-16,18,22-23,27-28H,4-6,8,17,19-21H2,1-3H3,(H,42,49)(H,43,45)(H,47,48)/b13-7-/t22-,23+,27-,28-,38+/m0/s1. The van der Waals surface area contributed by atoms with E-state index in [9.17, 15) is 24.3 Å². The third-order valence-electron chi connectivity index (χ3n) is 9.63. The molecule has 2 aliphatic heterocycles. The number of aliphatic carboxylic acids is 1. The highest BCUT2D eigenvalue weighted by Crippen LogP contribution is 2.45. The summed E-state index contributed by atoms with van der Waals surface area (Å²) in [6.45, 7) is 5.20. The number of benzene rings is 2. The fourth-order valence-corrected chi connectivity index (χ4v) is 7.88. The van der Waals surface area contributed by atoms with Crippen LogP contribution in [-0.2, 0) is 19.1 Å². The van der Waals surface area contributed by atoms with Crippen LogP contribution in [0, 0.1) is 5.92 Å². The number of para-hydroxylation sites is 3. The van der Waals surface area contributed by atoms with E-state index in [-0.39, 0.29) is 31.2 Å². The Morgan fingerprint density at radius 1 is 1.00 bits per heavy atom. The van der Waals surface area contributed by atoms with E-state index in [1.807, 2.05) is 60.7 Å². The van der Waals surface area contributed by atoms with Crippen molar-refractivity contribution in [2.24, 2.45) is 5.92 Å². The van der Waals surface area contributed by atoms with Crippen LogP contribution in [0.4, 0.5) is 4.79 Å². The van der Waals surface area contributed by atoms with E-state index in [2.05, 4.69) is 10.6 Å². The van der Waals surface area contributed by atoms with Gasteiger partial charge < -0.3 is 30.1 Å². The summed E-state index contributed by atoms with van der Waals surface area (Å²) in [6.07, 6.45) is 6.01. The summed E-state index contributed by atoms with van der Waals surface area (Å²) in [5.74, 6) is -2.35. The highest BCUT2D eigenvalue weighted by atomic mass is 32.1. The topological polar surface area (TPSA) is 173 Å². The third kappa shape index (κ3) is 7.43. The summed E-state index contributed by atoms with van der Waals surface area (Å²) < 4.78 is 13.0. The lowest BCUT2D eigenvalue weighted by molar-refractivity contribution is -0.145. The second-order valence-corrected chi connectivity index (χ2v) is 15.7. The van der Waals surface area contributed by atoms with Gasteiger partial charge in [0.05, 0.1) is 27.8 Å². The number of rotatable bonds is 5. The van der Waals surface area contributed by atoms with Gasteiger partial charge in [0.15, 0.2) is 5.69 Å². The van der Waals surface area contributed by atoms with Crippen molar-refractivity contribution in [1.29, 1.82) is 0 Å². The van der Waals surface area contributed by atoms with Crippen molar-refractivity contribution in [2.45, 2.75) is 95.0 Å². The maximum atomic E-state index is 14.4. The zero-order chi connectivity index (χ0) is 36.6. The van der Waals surface area contributed by atoms with E-state index in [1.54, 1.807) is 20.8 Å². The molecular formula is C38H42N6O7S. The van der Waals surface area contributed by atoms with E-state index >= 15 is 0 Å². The van der Waals surface area contributed by atoms with Crippen LogP contribution in [0.3, 0.4) is 0 Å². The number of fused-ring (bicyclic) bond motifs is 4. The zero-order valence-corrected chi connectivity index (χ0v) is 30.2. The van der Waals surface area contributed by atoms with Crippen LogP contribution < -0.4 is 15.4 Å². The number of alkyl carbamates (subject to hydrolysis) is 1. The molecule has 0 bridgehead atoms. The number of allylic oxidation sites excluding steroid dienone is 1. The van der Waals surface area contributed by atoms with Crippen LogP contribution in [0.1, 0.15) is 65.7 Å². The molecule has 3 amide bonds. The number of aromatic nitrogens is 3. The third-order valence-corrected chi connectivity index (χ3v) is 10.7. The maximum Gasteiger partial charge on any atom is 0.408 e. The first-order chi connectivity index (χ1) is 24.9. The van der Waals surface area contributed by atoms with E-state index in [0.29, 0.717) is 34.6 Å². The molecule has 5 atom stereocenters. The number of hydrogen-bond donors (Lipinski definition) is 3. The molecule has 272 valence electrons. The van der Waals surface area contributed by atoms with Crippen LogP contribution in [0.25, 0.3) is 32.0 Å². The van der Waals surface area contributed by atoms with E-state index < -0.39 is 53.2 Å². The van der Waals surface area contributed by atoms with Crippen LogP contribution in [-0.4, -0.2) is 84.7 Å². The number of amides is 3. The molecule has 52 heavy (non-hydrogen) atoms. The van der Waals surface area contributed by atoms with Crippen LogP contribution in [0.5, 0.6) is 5.88 Å². The first kappa shape index (κ1) is 35.3. The summed E-state index contributed by atoms with van der Waals surface area (Å²) in [6, 6.07) is 13.1. The lowest BCUT2D eigenvalue weighted by Gasteiger charge is -2.30. The summed E-state index contributed by atoms with van der Waals surface area (Å²) >= 11 is 1.45. The summed E-state index contributed by atoms with van der Waals surface area (Å²) in [5, 5.41) is 16.4. The molecule has 3 N–H and O–H groups in total. The average molecular weight is 727 g/mol. The summed E-state index contributed by atoms with van der Waals surface area (Å²) in [7, 11) is 0. The number of nitrogens with zero attached hydrogens (tertiary/aromatic N) is 4. The molecule has 7 rings (SSSR count). The van der Waals surface area contributed by atoms with Crippen molar-refractivity contribution in [1.82, 2.24) is 30.5 Å². The van der Waals surface area contributed by atoms with Gasteiger partial charge in [-0.3, -0.25) is 9.59 Å². The highest BCUT2D eigenvalue weighted by Gasteiger charge is 2.61. The number of nitrogens with one attached hydrogen (secondary N) is 2. The molecule has 1 aliphatic carbocycles. The molecule has 0 spiro atoms. The molecule has 1 saturated heterocycles. The quantitative estimate of drug-likeness (QED) is 0.219. The maximum absolute atomic E-state index is 14.4. The number of carboxylic acid groups (broad SMARTS) is 1. The van der Waals surface area contributed by atoms with Crippen LogP contribution >= 0.6 is 11.3 Å². The van der Waals surface area contributed by atoms with Gasteiger partial charge in [0.25, 0.3) is 0 Å². The minimum atomic E-state index is -1.46. The van der Waals surface area contributed by atoms with Gasteiger partial charge in [0.2, 0.25) is 17.7 Å². The zero-order valence-electron chi connectivity index (χ0n) is 29.3. The monoisotopic (exact) mass is 726 g/mol. The second kappa shape index (κ2) is 14.1. The number of carboxylic acids is 1. The Balaban J connectivity index is 1.23. The van der Waals surface area contributed by atoms with Crippen molar-refractivity contribution in [3.05, 3.63) is 60.7 Å². The summed E-state index contributed by atoms with van der Waals surface area (Å²) in [5.41, 5.74) is 0.243. The average Bonchev–Trinajstić information content (AvgIpc) is 3.40. The predicted octanol–water partition coefficient (Wildman–Crippen LogP) is 5.63. The Kier molecular flexibility index (Phi) is 9.59. The summed E-state index contributed by atoms with van der Waals surface area (Å²) in [4.78, 5) is 69.9. The molecule has 2 aromatic heterocycles. The van der Waals surface area contributed by atoms with Gasteiger partial charge in [-0.15, -0.1) is 11.3 Å². The van der Waals surface area contributed by atoms with Crippen LogP contribution in [0.15, 0.2) is 60.7 Å². The first-order valence-corrected chi connectivity index (χ1v) is 18.5. The molecular weight excluding hydrogens is 685 g/mol. The molecule has 4 aromatic rings. The van der Waals surface area contributed by atoms with Crippen molar-refractivity contribution in [3.8, 4) is 16.6 Å². The number of carbonyl (C=O) groups is 4. The molecule has 1 saturated carbocycles. The van der Waals surface area contributed by atoms with Crippen molar-refractivity contribution in [2.75, 3.05) is 6.54 Å². The molecule has 4 heterocycles. The Hall–Kier alpha value is -5.11. The predicted molar refractivity (Wildman–Crippen MR) is 195 cm³/mol. The molecule has 0 radical (unpaired) electrons. The van der Waals surface area contributed by atoms with Gasteiger partial charge >= 0.3 is 12.1 Å². The molecule has 0 unspecified atom stereocenters. The normalized spacial score (nSPS) is 26.0. The SMILES string of the molecule is CC(C)(C)OC(=O)N[C@H]1CCCCC/C=C\[C@H]2C[C@@]2(C(=O)O)NC(=O)[C@@H]2C[C@@H](Oc3nc4ccccc4nc3-c3nc4ccccc4s3)CN2C1=O. The Bertz CT molecular complexity index is 2030. The van der Waals surface area contributed by atoms with E-state index in [1.165, 1.54) is 16.2 Å². The minimum Gasteiger partial charge on any atom is -0.479 e.